The van der Waals surface area contributed by atoms with Crippen LogP contribution >= 0.6 is 0 Å². The SMILES string of the molecule is O=C(NCc1ccccc1OC(F)F)NC1CCN(CC(F)(F)F)C1. The van der Waals surface area contributed by atoms with Crippen molar-refractivity contribution in [1.82, 2.24) is 15.5 Å². The van der Waals surface area contributed by atoms with Crippen LogP contribution in [0.25, 0.3) is 0 Å². The summed E-state index contributed by atoms with van der Waals surface area (Å²) in [6.07, 6.45) is -3.86. The van der Waals surface area contributed by atoms with E-state index in [4.69, 9.17) is 0 Å². The van der Waals surface area contributed by atoms with Crippen LogP contribution in [0.1, 0.15) is 12.0 Å². The number of urea groups is 1. The number of likely N-dealkylation sites (tertiary alicyclic amines) is 1. The lowest BCUT2D eigenvalue weighted by Crippen LogP contribution is -2.43. The largest absolute Gasteiger partial charge is 0.434 e. The predicted molar refractivity (Wildman–Crippen MR) is 79.3 cm³/mol. The molecule has 1 aliphatic rings. The lowest BCUT2D eigenvalue weighted by Gasteiger charge is -2.18. The molecule has 1 atom stereocenters. The van der Waals surface area contributed by atoms with Gasteiger partial charge in [0, 0.05) is 31.2 Å². The Labute approximate surface area is 141 Å². The summed E-state index contributed by atoms with van der Waals surface area (Å²) in [4.78, 5) is 13.1. The molecule has 1 heterocycles. The molecule has 2 N–H and O–H groups in total. The van der Waals surface area contributed by atoms with Gasteiger partial charge < -0.3 is 15.4 Å². The highest BCUT2D eigenvalue weighted by Crippen LogP contribution is 2.21. The lowest BCUT2D eigenvalue weighted by molar-refractivity contribution is -0.143. The summed E-state index contributed by atoms with van der Waals surface area (Å²) in [5.41, 5.74) is 0.364. The van der Waals surface area contributed by atoms with Gasteiger partial charge in [0.05, 0.1) is 6.54 Å². The molecule has 25 heavy (non-hydrogen) atoms. The monoisotopic (exact) mass is 367 g/mol. The quantitative estimate of drug-likeness (QED) is 0.761. The molecule has 5 nitrogen and oxygen atoms in total. The highest BCUT2D eigenvalue weighted by molar-refractivity contribution is 5.74. The number of ether oxygens (including phenoxy) is 1. The number of alkyl halides is 5. The fourth-order valence-electron chi connectivity index (χ4n) is 2.62. The molecule has 0 spiro atoms. The first-order chi connectivity index (χ1) is 11.7. The zero-order valence-electron chi connectivity index (χ0n) is 13.2. The average Bonchev–Trinajstić information content (AvgIpc) is 2.90. The highest BCUT2D eigenvalue weighted by atomic mass is 19.4. The minimum absolute atomic E-state index is 0.0463. The van der Waals surface area contributed by atoms with E-state index in [0.29, 0.717) is 12.0 Å². The van der Waals surface area contributed by atoms with Crippen LogP contribution in [-0.2, 0) is 6.54 Å². The highest BCUT2D eigenvalue weighted by Gasteiger charge is 2.34. The zero-order chi connectivity index (χ0) is 18.4. The second kappa shape index (κ2) is 8.32. The molecule has 1 aromatic rings. The van der Waals surface area contributed by atoms with E-state index in [2.05, 4.69) is 15.4 Å². The fourth-order valence-corrected chi connectivity index (χ4v) is 2.62. The second-order valence-corrected chi connectivity index (χ2v) is 5.65. The van der Waals surface area contributed by atoms with Gasteiger partial charge in [-0.2, -0.15) is 22.0 Å². The van der Waals surface area contributed by atoms with E-state index in [1.807, 2.05) is 0 Å². The Hall–Kier alpha value is -2.10. The first kappa shape index (κ1) is 19.2. The molecule has 1 aromatic carbocycles. The lowest BCUT2D eigenvalue weighted by atomic mass is 10.2. The molecule has 0 saturated carbocycles. The Morgan fingerprint density at radius 1 is 1.32 bits per heavy atom. The topological polar surface area (TPSA) is 53.6 Å². The van der Waals surface area contributed by atoms with Crippen molar-refractivity contribution in [3.63, 3.8) is 0 Å². The Morgan fingerprint density at radius 2 is 2.04 bits per heavy atom. The normalized spacial score (nSPS) is 18.4. The summed E-state index contributed by atoms with van der Waals surface area (Å²) in [6.45, 7) is -3.68. The summed E-state index contributed by atoms with van der Waals surface area (Å²) in [5.74, 6) is -0.0463. The smallest absolute Gasteiger partial charge is 0.401 e. The molecule has 0 aliphatic carbocycles. The number of nitrogens with one attached hydrogen (secondary N) is 2. The number of carbonyl (C=O) groups is 1. The number of carbonyl (C=O) groups excluding carboxylic acids is 1. The third-order valence-electron chi connectivity index (χ3n) is 3.64. The van der Waals surface area contributed by atoms with Gasteiger partial charge >= 0.3 is 18.8 Å². The van der Waals surface area contributed by atoms with E-state index in [0.717, 1.165) is 0 Å². The van der Waals surface area contributed by atoms with Crippen molar-refractivity contribution in [2.24, 2.45) is 0 Å². The summed E-state index contributed by atoms with van der Waals surface area (Å²) in [6, 6.07) is 5.04. The zero-order valence-corrected chi connectivity index (χ0v) is 13.2. The summed E-state index contributed by atoms with van der Waals surface area (Å²) in [5, 5.41) is 5.06. The maximum atomic E-state index is 12.3. The number of halogens is 5. The molecular weight excluding hydrogens is 349 g/mol. The van der Waals surface area contributed by atoms with Gasteiger partial charge in [0.25, 0.3) is 0 Å². The van der Waals surface area contributed by atoms with Crippen molar-refractivity contribution in [2.45, 2.75) is 31.8 Å². The third kappa shape index (κ3) is 6.73. The van der Waals surface area contributed by atoms with Crippen molar-refractivity contribution in [1.29, 1.82) is 0 Å². The van der Waals surface area contributed by atoms with Crippen molar-refractivity contribution >= 4 is 6.03 Å². The van der Waals surface area contributed by atoms with Crippen LogP contribution in [0.5, 0.6) is 5.75 Å². The van der Waals surface area contributed by atoms with E-state index in [1.165, 1.54) is 23.1 Å². The molecule has 0 radical (unpaired) electrons. The number of para-hydroxylation sites is 1. The molecular formula is C15H18F5N3O2. The fraction of sp³-hybridized carbons (Fsp3) is 0.533. The number of hydrogen-bond donors (Lipinski definition) is 2. The van der Waals surface area contributed by atoms with E-state index in [9.17, 15) is 26.7 Å². The molecule has 1 aliphatic heterocycles. The van der Waals surface area contributed by atoms with Crippen molar-refractivity contribution < 1.29 is 31.5 Å². The van der Waals surface area contributed by atoms with Gasteiger partial charge in [-0.05, 0) is 12.5 Å². The van der Waals surface area contributed by atoms with Crippen LogP contribution < -0.4 is 15.4 Å². The molecule has 140 valence electrons. The first-order valence-electron chi connectivity index (χ1n) is 7.59. The van der Waals surface area contributed by atoms with Crippen LogP contribution in [0, 0.1) is 0 Å². The van der Waals surface area contributed by atoms with Gasteiger partial charge in [-0.1, -0.05) is 18.2 Å². The van der Waals surface area contributed by atoms with Gasteiger partial charge in [0.15, 0.2) is 0 Å². The van der Waals surface area contributed by atoms with Gasteiger partial charge in [-0.3, -0.25) is 4.90 Å². The molecule has 2 amide bonds. The molecule has 1 saturated heterocycles. The Kier molecular flexibility index (Phi) is 6.40. The Balaban J connectivity index is 1.78. The van der Waals surface area contributed by atoms with Crippen LogP contribution in [0.4, 0.5) is 26.7 Å². The minimum atomic E-state index is -4.27. The number of benzene rings is 1. The van der Waals surface area contributed by atoms with E-state index in [-0.39, 0.29) is 25.4 Å². The van der Waals surface area contributed by atoms with E-state index >= 15 is 0 Å². The molecule has 0 aromatic heterocycles. The van der Waals surface area contributed by atoms with Gasteiger partial charge in [0.1, 0.15) is 5.75 Å². The Morgan fingerprint density at radius 3 is 2.72 bits per heavy atom. The summed E-state index contributed by atoms with van der Waals surface area (Å²) in [7, 11) is 0. The van der Waals surface area contributed by atoms with Gasteiger partial charge in [-0.25, -0.2) is 4.79 Å². The van der Waals surface area contributed by atoms with E-state index in [1.54, 1.807) is 6.07 Å². The maximum Gasteiger partial charge on any atom is 0.401 e. The summed E-state index contributed by atoms with van der Waals surface area (Å²) >= 11 is 0. The van der Waals surface area contributed by atoms with Crippen LogP contribution in [0.15, 0.2) is 24.3 Å². The summed E-state index contributed by atoms with van der Waals surface area (Å²) < 4.78 is 66.0. The van der Waals surface area contributed by atoms with Crippen molar-refractivity contribution in [3.8, 4) is 5.75 Å². The number of nitrogens with zero attached hydrogens (tertiary/aromatic N) is 1. The van der Waals surface area contributed by atoms with Crippen LogP contribution in [-0.4, -0.2) is 49.4 Å². The van der Waals surface area contributed by atoms with Crippen LogP contribution in [0.2, 0.25) is 0 Å². The van der Waals surface area contributed by atoms with Crippen molar-refractivity contribution in [2.75, 3.05) is 19.6 Å². The molecule has 10 heteroatoms. The standard InChI is InChI=1S/C15H18F5N3O2/c16-13(17)25-12-4-2-1-3-10(12)7-21-14(24)22-11-5-6-23(8-11)9-15(18,19)20/h1-4,11,13H,5-9H2,(H2,21,22,24). The molecule has 1 unspecified atom stereocenters. The van der Waals surface area contributed by atoms with E-state index < -0.39 is 31.4 Å². The first-order valence-corrected chi connectivity index (χ1v) is 7.59. The average molecular weight is 367 g/mol. The third-order valence-corrected chi connectivity index (χ3v) is 3.64. The van der Waals surface area contributed by atoms with Crippen LogP contribution in [0.3, 0.4) is 0 Å². The minimum Gasteiger partial charge on any atom is -0.434 e. The molecule has 0 bridgehead atoms. The number of amides is 2. The second-order valence-electron chi connectivity index (χ2n) is 5.65. The predicted octanol–water partition coefficient (Wildman–Crippen LogP) is 2.72. The number of hydrogen-bond acceptors (Lipinski definition) is 3. The number of rotatable bonds is 6. The maximum absolute atomic E-state index is 12.3. The molecule has 2 rings (SSSR count). The van der Waals surface area contributed by atoms with Gasteiger partial charge in [-0.15, -0.1) is 0 Å². The van der Waals surface area contributed by atoms with Gasteiger partial charge in [0.2, 0.25) is 0 Å². The molecule has 1 fully saturated rings. The Bertz CT molecular complexity index is 583. The van der Waals surface area contributed by atoms with Crippen molar-refractivity contribution in [3.05, 3.63) is 29.8 Å².